The molecule has 3 heteroatoms. The maximum atomic E-state index is 10.8. The molecule has 0 aromatic heterocycles. The largest absolute Gasteiger partial charge is 0.469 e. The van der Waals surface area contributed by atoms with Gasteiger partial charge >= 0.3 is 5.97 Å². The van der Waals surface area contributed by atoms with Gasteiger partial charge in [0.25, 0.3) is 0 Å². The maximum absolute atomic E-state index is 10.8. The van der Waals surface area contributed by atoms with Crippen molar-refractivity contribution in [1.82, 2.24) is 0 Å². The standard InChI is InChI=1S/C11H14O2.H3P/c1-13-11(12)9-5-8-10-6-3-2-4-7-10;/h2-4,6-7H,5,8-9H2,1H3;1H3. The van der Waals surface area contributed by atoms with Crippen molar-refractivity contribution in [3.63, 3.8) is 0 Å². The van der Waals surface area contributed by atoms with Crippen LogP contribution in [-0.2, 0) is 16.0 Å². The predicted octanol–water partition coefficient (Wildman–Crippen LogP) is 2.24. The van der Waals surface area contributed by atoms with E-state index in [9.17, 15) is 4.79 Å². The lowest BCUT2D eigenvalue weighted by Crippen LogP contribution is -2.00. The Hall–Kier alpha value is -0.880. The van der Waals surface area contributed by atoms with Crippen LogP contribution in [0.1, 0.15) is 18.4 Å². The first-order valence-electron chi connectivity index (χ1n) is 4.43. The minimum Gasteiger partial charge on any atom is -0.469 e. The van der Waals surface area contributed by atoms with E-state index in [1.165, 1.54) is 12.7 Å². The molecule has 0 bridgehead atoms. The van der Waals surface area contributed by atoms with Crippen molar-refractivity contribution in [2.45, 2.75) is 19.3 Å². The van der Waals surface area contributed by atoms with Gasteiger partial charge in [-0.05, 0) is 18.4 Å². The minimum atomic E-state index is -0.129. The third kappa shape index (κ3) is 4.98. The van der Waals surface area contributed by atoms with Gasteiger partial charge in [-0.15, -0.1) is 0 Å². The molecule has 0 saturated carbocycles. The zero-order valence-corrected chi connectivity index (χ0v) is 9.95. The van der Waals surface area contributed by atoms with E-state index in [1.54, 1.807) is 0 Å². The summed E-state index contributed by atoms with van der Waals surface area (Å²) in [4.78, 5) is 10.8. The van der Waals surface area contributed by atoms with Gasteiger partial charge in [0.2, 0.25) is 0 Å². The van der Waals surface area contributed by atoms with E-state index in [-0.39, 0.29) is 15.9 Å². The Morgan fingerprint density at radius 2 is 1.93 bits per heavy atom. The number of carbonyl (C=O) groups excluding carboxylic acids is 1. The second-order valence-electron chi connectivity index (χ2n) is 2.92. The second kappa shape index (κ2) is 7.52. The molecule has 0 heterocycles. The fourth-order valence-electron chi connectivity index (χ4n) is 1.18. The van der Waals surface area contributed by atoms with Crippen LogP contribution in [0.5, 0.6) is 0 Å². The number of hydrogen-bond acceptors (Lipinski definition) is 2. The van der Waals surface area contributed by atoms with Crippen molar-refractivity contribution in [1.29, 1.82) is 0 Å². The summed E-state index contributed by atoms with van der Waals surface area (Å²) >= 11 is 0. The first-order chi connectivity index (χ1) is 6.33. The van der Waals surface area contributed by atoms with Gasteiger partial charge in [-0.1, -0.05) is 30.3 Å². The predicted molar refractivity (Wildman–Crippen MR) is 62.5 cm³/mol. The normalized spacial score (nSPS) is 8.93. The van der Waals surface area contributed by atoms with Gasteiger partial charge in [-0.25, -0.2) is 0 Å². The average Bonchev–Trinajstić information content (AvgIpc) is 2.19. The number of carbonyl (C=O) groups is 1. The van der Waals surface area contributed by atoms with Crippen LogP contribution in [-0.4, -0.2) is 13.1 Å². The summed E-state index contributed by atoms with van der Waals surface area (Å²) in [6, 6.07) is 10.1. The van der Waals surface area contributed by atoms with Gasteiger partial charge in [-0.3, -0.25) is 4.79 Å². The summed E-state index contributed by atoms with van der Waals surface area (Å²) in [5.74, 6) is -0.129. The van der Waals surface area contributed by atoms with E-state index >= 15 is 0 Å². The number of esters is 1. The summed E-state index contributed by atoms with van der Waals surface area (Å²) in [7, 11) is 1.42. The average molecular weight is 212 g/mol. The summed E-state index contributed by atoms with van der Waals surface area (Å²) in [5, 5.41) is 0. The summed E-state index contributed by atoms with van der Waals surface area (Å²) in [5.41, 5.74) is 1.27. The van der Waals surface area contributed by atoms with E-state index in [1.807, 2.05) is 18.2 Å². The molecular weight excluding hydrogens is 195 g/mol. The lowest BCUT2D eigenvalue weighted by Gasteiger charge is -1.99. The van der Waals surface area contributed by atoms with E-state index in [4.69, 9.17) is 0 Å². The Bertz CT molecular complexity index is 259. The van der Waals surface area contributed by atoms with E-state index < -0.39 is 0 Å². The Morgan fingerprint density at radius 3 is 2.50 bits per heavy atom. The molecule has 0 N–H and O–H groups in total. The number of ether oxygens (including phenoxy) is 1. The molecule has 1 aromatic carbocycles. The molecule has 0 fully saturated rings. The fraction of sp³-hybridized carbons (Fsp3) is 0.364. The fourth-order valence-corrected chi connectivity index (χ4v) is 1.18. The maximum Gasteiger partial charge on any atom is 0.305 e. The number of methoxy groups -OCH3 is 1. The van der Waals surface area contributed by atoms with Crippen LogP contribution in [0.2, 0.25) is 0 Å². The number of rotatable bonds is 4. The minimum absolute atomic E-state index is 0. The van der Waals surface area contributed by atoms with Crippen LogP contribution in [0.4, 0.5) is 0 Å². The SMILES string of the molecule is COC(=O)CCCc1ccccc1.P. The van der Waals surface area contributed by atoms with E-state index in [0.29, 0.717) is 6.42 Å². The van der Waals surface area contributed by atoms with Gasteiger partial charge < -0.3 is 4.74 Å². The molecule has 0 aliphatic rings. The third-order valence-electron chi connectivity index (χ3n) is 1.92. The molecule has 14 heavy (non-hydrogen) atoms. The Labute approximate surface area is 88.3 Å². The molecule has 0 radical (unpaired) electrons. The molecule has 0 aliphatic heterocycles. The lowest BCUT2D eigenvalue weighted by atomic mass is 10.1. The number of aryl methyl sites for hydroxylation is 1. The molecular formula is C11H17O2P. The highest BCUT2D eigenvalue weighted by Gasteiger charge is 1.99. The Morgan fingerprint density at radius 1 is 1.29 bits per heavy atom. The molecule has 0 saturated heterocycles. The molecule has 1 atom stereocenters. The smallest absolute Gasteiger partial charge is 0.305 e. The van der Waals surface area contributed by atoms with Gasteiger partial charge in [0.15, 0.2) is 0 Å². The van der Waals surface area contributed by atoms with Crippen molar-refractivity contribution < 1.29 is 9.53 Å². The molecule has 1 rings (SSSR count). The summed E-state index contributed by atoms with van der Waals surface area (Å²) < 4.78 is 4.55. The van der Waals surface area contributed by atoms with Crippen molar-refractivity contribution in [3.05, 3.63) is 35.9 Å². The number of benzene rings is 1. The van der Waals surface area contributed by atoms with Gasteiger partial charge in [0.05, 0.1) is 7.11 Å². The third-order valence-corrected chi connectivity index (χ3v) is 1.92. The quantitative estimate of drug-likeness (QED) is 0.565. The topological polar surface area (TPSA) is 26.3 Å². The first kappa shape index (κ1) is 13.1. The highest BCUT2D eigenvalue weighted by atomic mass is 31.0. The van der Waals surface area contributed by atoms with Crippen molar-refractivity contribution in [3.8, 4) is 0 Å². The summed E-state index contributed by atoms with van der Waals surface area (Å²) in [6.45, 7) is 0. The molecule has 78 valence electrons. The zero-order chi connectivity index (χ0) is 9.52. The summed E-state index contributed by atoms with van der Waals surface area (Å²) in [6.07, 6.45) is 2.30. The van der Waals surface area contributed by atoms with Crippen molar-refractivity contribution in [2.24, 2.45) is 0 Å². The first-order valence-corrected chi connectivity index (χ1v) is 4.43. The molecule has 0 amide bonds. The van der Waals surface area contributed by atoms with Crippen LogP contribution in [0.25, 0.3) is 0 Å². The Balaban J connectivity index is 0.00000169. The zero-order valence-electron chi connectivity index (χ0n) is 8.53. The second-order valence-corrected chi connectivity index (χ2v) is 2.92. The van der Waals surface area contributed by atoms with Crippen molar-refractivity contribution in [2.75, 3.05) is 7.11 Å². The monoisotopic (exact) mass is 212 g/mol. The van der Waals surface area contributed by atoms with Crippen LogP contribution >= 0.6 is 9.90 Å². The molecule has 2 nitrogen and oxygen atoms in total. The molecule has 1 aromatic rings. The van der Waals surface area contributed by atoms with Gasteiger partial charge in [-0.2, -0.15) is 9.90 Å². The van der Waals surface area contributed by atoms with Crippen LogP contribution < -0.4 is 0 Å². The molecule has 0 aliphatic carbocycles. The van der Waals surface area contributed by atoms with Crippen LogP contribution in [0, 0.1) is 0 Å². The number of hydrogen-bond donors (Lipinski definition) is 0. The van der Waals surface area contributed by atoms with Gasteiger partial charge in [0, 0.05) is 6.42 Å². The van der Waals surface area contributed by atoms with Crippen molar-refractivity contribution >= 4 is 15.9 Å². The van der Waals surface area contributed by atoms with E-state index in [2.05, 4.69) is 16.9 Å². The van der Waals surface area contributed by atoms with Gasteiger partial charge in [0.1, 0.15) is 0 Å². The Kier molecular flexibility index (Phi) is 7.04. The molecule has 1 unspecified atom stereocenters. The lowest BCUT2D eigenvalue weighted by molar-refractivity contribution is -0.140. The van der Waals surface area contributed by atoms with Crippen LogP contribution in [0.3, 0.4) is 0 Å². The highest BCUT2D eigenvalue weighted by molar-refractivity contribution is 6.92. The van der Waals surface area contributed by atoms with Crippen LogP contribution in [0.15, 0.2) is 30.3 Å². The molecule has 0 spiro atoms. The highest BCUT2D eigenvalue weighted by Crippen LogP contribution is 2.04. The van der Waals surface area contributed by atoms with E-state index in [0.717, 1.165) is 12.8 Å².